The van der Waals surface area contributed by atoms with Crippen molar-refractivity contribution in [1.82, 2.24) is 0 Å². The molecule has 3 N–H and O–H groups in total. The first-order valence-corrected chi connectivity index (χ1v) is 6.81. The molecule has 0 aliphatic carbocycles. The van der Waals surface area contributed by atoms with Crippen molar-refractivity contribution >= 4 is 33.2 Å². The van der Waals surface area contributed by atoms with Crippen molar-refractivity contribution in [1.29, 1.82) is 0 Å². The molecule has 0 atom stereocenters. The van der Waals surface area contributed by atoms with Crippen LogP contribution in [-0.4, -0.2) is 13.0 Å². The number of rotatable bonds is 3. The van der Waals surface area contributed by atoms with Gasteiger partial charge in [0.1, 0.15) is 5.75 Å². The molecule has 0 saturated carbocycles. The lowest BCUT2D eigenvalue weighted by Crippen LogP contribution is -2.13. The molecule has 1 amide bonds. The van der Waals surface area contributed by atoms with Crippen LogP contribution in [0.25, 0.3) is 0 Å². The second kappa shape index (κ2) is 5.96. The summed E-state index contributed by atoms with van der Waals surface area (Å²) in [5, 5.41) is 2.82. The molecule has 0 heterocycles. The van der Waals surface area contributed by atoms with Crippen molar-refractivity contribution in [3.8, 4) is 5.75 Å². The molecule has 0 spiro atoms. The maximum Gasteiger partial charge on any atom is 0.255 e. The highest BCUT2D eigenvalue weighted by Crippen LogP contribution is 2.28. The largest absolute Gasteiger partial charge is 0.495 e. The van der Waals surface area contributed by atoms with E-state index in [1.54, 1.807) is 31.4 Å². The van der Waals surface area contributed by atoms with Gasteiger partial charge in [0.05, 0.1) is 12.8 Å². The highest BCUT2D eigenvalue weighted by Gasteiger charge is 2.11. The van der Waals surface area contributed by atoms with Crippen LogP contribution in [0.2, 0.25) is 0 Å². The number of carbonyl (C=O) groups is 1. The third-order valence-electron chi connectivity index (χ3n) is 2.95. The zero-order valence-corrected chi connectivity index (χ0v) is 12.8. The van der Waals surface area contributed by atoms with Crippen molar-refractivity contribution in [2.45, 2.75) is 6.92 Å². The van der Waals surface area contributed by atoms with Gasteiger partial charge in [-0.2, -0.15) is 0 Å². The van der Waals surface area contributed by atoms with E-state index < -0.39 is 0 Å². The number of nitrogen functional groups attached to an aromatic ring is 1. The van der Waals surface area contributed by atoms with Crippen LogP contribution >= 0.6 is 15.9 Å². The SMILES string of the molecule is COc1ccc(Br)cc1NC(=O)c1ccc(C)c(N)c1. The van der Waals surface area contributed by atoms with E-state index in [1.807, 2.05) is 19.1 Å². The number of nitrogens with one attached hydrogen (secondary N) is 1. The van der Waals surface area contributed by atoms with Crippen LogP contribution in [0, 0.1) is 6.92 Å². The van der Waals surface area contributed by atoms with Crippen molar-refractivity contribution in [2.24, 2.45) is 0 Å². The molecule has 2 aromatic carbocycles. The Hall–Kier alpha value is -2.01. The third kappa shape index (κ3) is 3.11. The van der Waals surface area contributed by atoms with Crippen LogP contribution in [0.4, 0.5) is 11.4 Å². The van der Waals surface area contributed by atoms with Gasteiger partial charge in [0, 0.05) is 15.7 Å². The van der Waals surface area contributed by atoms with Crippen LogP contribution in [0.1, 0.15) is 15.9 Å². The predicted octanol–water partition coefficient (Wildman–Crippen LogP) is 3.60. The molecule has 0 bridgehead atoms. The maximum atomic E-state index is 12.2. The summed E-state index contributed by atoms with van der Waals surface area (Å²) in [5.74, 6) is 0.370. The third-order valence-corrected chi connectivity index (χ3v) is 3.44. The Morgan fingerprint density at radius 1 is 1.25 bits per heavy atom. The van der Waals surface area contributed by atoms with Gasteiger partial charge in [0.25, 0.3) is 5.91 Å². The topological polar surface area (TPSA) is 64.3 Å². The molecule has 0 saturated heterocycles. The average molecular weight is 335 g/mol. The number of methoxy groups -OCH3 is 1. The molecule has 0 aliphatic heterocycles. The fourth-order valence-corrected chi connectivity index (χ4v) is 2.12. The Balaban J connectivity index is 2.27. The number of hydrogen-bond donors (Lipinski definition) is 2. The minimum absolute atomic E-state index is 0.229. The smallest absolute Gasteiger partial charge is 0.255 e. The summed E-state index contributed by atoms with van der Waals surface area (Å²) >= 11 is 3.37. The Morgan fingerprint density at radius 3 is 2.65 bits per heavy atom. The zero-order chi connectivity index (χ0) is 14.7. The number of carbonyl (C=O) groups excluding carboxylic acids is 1. The Morgan fingerprint density at radius 2 is 2.00 bits per heavy atom. The quantitative estimate of drug-likeness (QED) is 0.843. The molecule has 2 aromatic rings. The molecule has 0 aromatic heterocycles. The molecule has 0 aliphatic rings. The number of hydrogen-bond acceptors (Lipinski definition) is 3. The number of ether oxygens (including phenoxy) is 1. The minimum Gasteiger partial charge on any atom is -0.495 e. The van der Waals surface area contributed by atoms with Crippen LogP contribution in [-0.2, 0) is 0 Å². The Labute approximate surface area is 126 Å². The molecular weight excluding hydrogens is 320 g/mol. The number of anilines is 2. The highest BCUT2D eigenvalue weighted by atomic mass is 79.9. The molecule has 4 nitrogen and oxygen atoms in total. The number of benzene rings is 2. The van der Waals surface area contributed by atoms with Gasteiger partial charge in [-0.15, -0.1) is 0 Å². The molecule has 104 valence electrons. The molecule has 0 unspecified atom stereocenters. The van der Waals surface area contributed by atoms with Crippen LogP contribution < -0.4 is 15.8 Å². The normalized spacial score (nSPS) is 10.2. The van der Waals surface area contributed by atoms with E-state index in [9.17, 15) is 4.79 Å². The lowest BCUT2D eigenvalue weighted by Gasteiger charge is -2.11. The summed E-state index contributed by atoms with van der Waals surface area (Å²) < 4.78 is 6.08. The van der Waals surface area contributed by atoms with Gasteiger partial charge < -0.3 is 15.8 Å². The summed E-state index contributed by atoms with van der Waals surface area (Å²) in [6, 6.07) is 10.6. The fraction of sp³-hybridized carbons (Fsp3) is 0.133. The first kappa shape index (κ1) is 14.4. The van der Waals surface area contributed by atoms with Crippen LogP contribution in [0.5, 0.6) is 5.75 Å². The molecule has 0 radical (unpaired) electrons. The summed E-state index contributed by atoms with van der Waals surface area (Å²) in [4.78, 5) is 12.2. The van der Waals surface area contributed by atoms with Gasteiger partial charge in [-0.3, -0.25) is 4.79 Å². The lowest BCUT2D eigenvalue weighted by atomic mass is 10.1. The second-order valence-electron chi connectivity index (χ2n) is 4.37. The van der Waals surface area contributed by atoms with Gasteiger partial charge in [0.2, 0.25) is 0 Å². The van der Waals surface area contributed by atoms with E-state index in [-0.39, 0.29) is 5.91 Å². The standard InChI is InChI=1S/C15H15BrN2O2/c1-9-3-4-10(7-12(9)17)15(19)18-13-8-11(16)5-6-14(13)20-2/h3-8H,17H2,1-2H3,(H,18,19). The molecular formula is C15H15BrN2O2. The number of amides is 1. The van der Waals surface area contributed by atoms with Crippen molar-refractivity contribution in [2.75, 3.05) is 18.2 Å². The zero-order valence-electron chi connectivity index (χ0n) is 11.2. The first-order chi connectivity index (χ1) is 9.51. The summed E-state index contributed by atoms with van der Waals surface area (Å²) in [7, 11) is 1.56. The first-order valence-electron chi connectivity index (χ1n) is 6.02. The molecule has 5 heteroatoms. The van der Waals surface area contributed by atoms with E-state index in [1.165, 1.54) is 0 Å². The summed E-state index contributed by atoms with van der Waals surface area (Å²) in [6.07, 6.45) is 0. The molecule has 2 rings (SSSR count). The predicted molar refractivity (Wildman–Crippen MR) is 84.2 cm³/mol. The fourth-order valence-electron chi connectivity index (χ4n) is 1.75. The average Bonchev–Trinajstić information content (AvgIpc) is 2.42. The van der Waals surface area contributed by atoms with Crippen molar-refractivity contribution < 1.29 is 9.53 Å². The van der Waals surface area contributed by atoms with Gasteiger partial charge in [-0.05, 0) is 42.8 Å². The number of aryl methyl sites for hydroxylation is 1. The Kier molecular flexibility index (Phi) is 4.29. The van der Waals surface area contributed by atoms with Crippen LogP contribution in [0.3, 0.4) is 0 Å². The highest BCUT2D eigenvalue weighted by molar-refractivity contribution is 9.10. The summed E-state index contributed by atoms with van der Waals surface area (Å²) in [6.45, 7) is 1.90. The monoisotopic (exact) mass is 334 g/mol. The second-order valence-corrected chi connectivity index (χ2v) is 5.29. The van der Waals surface area contributed by atoms with Gasteiger partial charge in [0.15, 0.2) is 0 Å². The van der Waals surface area contributed by atoms with Crippen LogP contribution in [0.15, 0.2) is 40.9 Å². The van der Waals surface area contributed by atoms with Crippen molar-refractivity contribution in [3.63, 3.8) is 0 Å². The summed E-state index contributed by atoms with van der Waals surface area (Å²) in [5.41, 5.74) is 8.47. The van der Waals surface area contributed by atoms with E-state index >= 15 is 0 Å². The number of nitrogens with two attached hydrogens (primary N) is 1. The van der Waals surface area contributed by atoms with Gasteiger partial charge in [-0.1, -0.05) is 22.0 Å². The van der Waals surface area contributed by atoms with E-state index in [0.717, 1.165) is 10.0 Å². The molecule has 20 heavy (non-hydrogen) atoms. The molecule has 0 fully saturated rings. The van der Waals surface area contributed by atoms with E-state index in [0.29, 0.717) is 22.7 Å². The minimum atomic E-state index is -0.229. The van der Waals surface area contributed by atoms with Crippen molar-refractivity contribution in [3.05, 3.63) is 52.0 Å². The lowest BCUT2D eigenvalue weighted by molar-refractivity contribution is 0.102. The Bertz CT molecular complexity index is 656. The van der Waals surface area contributed by atoms with Gasteiger partial charge in [-0.25, -0.2) is 0 Å². The van der Waals surface area contributed by atoms with E-state index in [2.05, 4.69) is 21.2 Å². The maximum absolute atomic E-state index is 12.2. The van der Waals surface area contributed by atoms with Gasteiger partial charge >= 0.3 is 0 Å². The number of halogens is 1. The van der Waals surface area contributed by atoms with E-state index in [4.69, 9.17) is 10.5 Å².